The number of benzene rings is 6. The van der Waals surface area contributed by atoms with Gasteiger partial charge in [-0.2, -0.15) is 0 Å². The van der Waals surface area contributed by atoms with Crippen molar-refractivity contribution in [3.8, 4) is 0 Å². The molecule has 0 saturated carbocycles. The second-order valence-corrected chi connectivity index (χ2v) is 15.0. The molecule has 0 radical (unpaired) electrons. The molecule has 0 amide bonds. The van der Waals surface area contributed by atoms with Gasteiger partial charge < -0.3 is 9.11 Å². The van der Waals surface area contributed by atoms with E-state index < -0.39 is 22.4 Å². The molecule has 2 heterocycles. The van der Waals surface area contributed by atoms with E-state index in [2.05, 4.69) is 12.1 Å². The smallest absolute Gasteiger partial charge is 0.196 e. The van der Waals surface area contributed by atoms with Crippen LogP contribution in [0.4, 0.5) is 0 Å². The largest absolute Gasteiger partial charge is 0.606 e. The van der Waals surface area contributed by atoms with Gasteiger partial charge in [-0.25, -0.2) is 0 Å². The van der Waals surface area contributed by atoms with Crippen LogP contribution in [0.15, 0.2) is 153 Å². The molecule has 1 aliphatic carbocycles. The summed E-state index contributed by atoms with van der Waals surface area (Å²) in [4.78, 5) is 28.2. The van der Waals surface area contributed by atoms with Gasteiger partial charge in [0, 0.05) is 79.2 Å². The number of hydrogen-bond donors (Lipinski definition) is 0. The summed E-state index contributed by atoms with van der Waals surface area (Å²) in [6.07, 6.45) is 1.72. The van der Waals surface area contributed by atoms with E-state index in [1.165, 1.54) is 11.1 Å². The highest BCUT2D eigenvalue weighted by Gasteiger charge is 2.31. The predicted molar refractivity (Wildman–Crippen MR) is 190 cm³/mol. The zero-order chi connectivity index (χ0) is 33.4. The Balaban J connectivity index is 0.000000114. The van der Waals surface area contributed by atoms with E-state index in [0.717, 1.165) is 43.6 Å². The van der Waals surface area contributed by atoms with Crippen LogP contribution in [0.5, 0.6) is 0 Å². The summed E-state index contributed by atoms with van der Waals surface area (Å²) in [5.41, 5.74) is 6.17. The maximum absolute atomic E-state index is 12.3. The van der Waals surface area contributed by atoms with Crippen molar-refractivity contribution in [1.29, 1.82) is 0 Å². The molecule has 0 aromatic heterocycles. The standard InChI is InChI=1S/C14H7ClO2.C13H9ClOS.C13H10OS/c15-11-7-3-6-10-12(11)14(17)9-5-2-1-4-8(9)13(10)16;14-11-5-6-13-10(8-11)7-9-3-1-2-4-12(9)16(13)15;14-15-12-7-3-1-5-10(12)9-11-6-2-4-8-13(11)15/h1-7H;1-6,8H,7H2;1-8H,9H2. The molecule has 0 N–H and O–H groups in total. The average Bonchev–Trinajstić information content (AvgIpc) is 3.11. The Morgan fingerprint density at radius 1 is 0.458 bits per heavy atom. The van der Waals surface area contributed by atoms with Crippen LogP contribution in [0.2, 0.25) is 10.0 Å². The summed E-state index contributed by atoms with van der Waals surface area (Å²) in [7, 11) is 0. The van der Waals surface area contributed by atoms with E-state index in [4.69, 9.17) is 23.2 Å². The summed E-state index contributed by atoms with van der Waals surface area (Å²) in [6.45, 7) is 0. The maximum Gasteiger partial charge on any atom is 0.196 e. The van der Waals surface area contributed by atoms with Crippen molar-refractivity contribution >= 4 is 57.1 Å². The van der Waals surface area contributed by atoms with E-state index in [0.29, 0.717) is 32.3 Å². The van der Waals surface area contributed by atoms with Crippen LogP contribution in [-0.4, -0.2) is 20.7 Å². The summed E-state index contributed by atoms with van der Waals surface area (Å²) in [6, 6.07) is 41.1. The number of rotatable bonds is 0. The van der Waals surface area contributed by atoms with E-state index in [9.17, 15) is 18.7 Å². The Bertz CT molecular complexity index is 2170. The Kier molecular flexibility index (Phi) is 9.30. The number of halogens is 2. The van der Waals surface area contributed by atoms with Gasteiger partial charge in [0.15, 0.2) is 31.1 Å². The van der Waals surface area contributed by atoms with Gasteiger partial charge >= 0.3 is 0 Å². The van der Waals surface area contributed by atoms with Crippen molar-refractivity contribution in [3.63, 3.8) is 0 Å². The fraction of sp³-hybridized carbons (Fsp3) is 0.0500. The lowest BCUT2D eigenvalue weighted by Crippen LogP contribution is -2.21. The van der Waals surface area contributed by atoms with Crippen molar-refractivity contribution in [2.24, 2.45) is 0 Å². The minimum absolute atomic E-state index is 0.141. The molecule has 2 aliphatic heterocycles. The molecule has 8 heteroatoms. The lowest BCUT2D eigenvalue weighted by Gasteiger charge is -2.21. The molecule has 9 rings (SSSR count). The second-order valence-electron chi connectivity index (χ2n) is 11.3. The van der Waals surface area contributed by atoms with Crippen molar-refractivity contribution in [3.05, 3.63) is 188 Å². The molecule has 6 aromatic carbocycles. The molecule has 3 aliphatic rings. The highest BCUT2D eigenvalue weighted by Crippen LogP contribution is 2.36. The highest BCUT2D eigenvalue weighted by atomic mass is 35.5. The normalized spacial score (nSPS) is 15.1. The number of carbonyl (C=O) groups is 2. The molecule has 0 saturated heterocycles. The highest BCUT2D eigenvalue weighted by molar-refractivity contribution is 7.92. The van der Waals surface area contributed by atoms with Crippen LogP contribution in [0.1, 0.15) is 54.1 Å². The molecular weight excluding hydrogens is 679 g/mol. The Morgan fingerprint density at radius 3 is 1.46 bits per heavy atom. The third-order valence-electron chi connectivity index (χ3n) is 8.40. The van der Waals surface area contributed by atoms with E-state index in [1.807, 2.05) is 72.8 Å². The van der Waals surface area contributed by atoms with Crippen molar-refractivity contribution in [2.75, 3.05) is 0 Å². The van der Waals surface area contributed by atoms with Crippen molar-refractivity contribution in [2.45, 2.75) is 32.4 Å². The van der Waals surface area contributed by atoms with Gasteiger partial charge in [-0.05, 0) is 42.5 Å². The van der Waals surface area contributed by atoms with E-state index in [-0.39, 0.29) is 11.6 Å². The third kappa shape index (κ3) is 6.12. The topological polar surface area (TPSA) is 80.3 Å². The summed E-state index contributed by atoms with van der Waals surface area (Å²) in [5, 5.41) is 1.03. The first-order valence-corrected chi connectivity index (χ1v) is 18.2. The first kappa shape index (κ1) is 32.4. The summed E-state index contributed by atoms with van der Waals surface area (Å²) < 4.78 is 24.5. The minimum Gasteiger partial charge on any atom is -0.606 e. The van der Waals surface area contributed by atoms with Gasteiger partial charge in [-0.15, -0.1) is 0 Å². The van der Waals surface area contributed by atoms with Gasteiger partial charge in [-0.3, -0.25) is 9.59 Å². The van der Waals surface area contributed by atoms with Crippen molar-refractivity contribution < 1.29 is 18.7 Å². The molecule has 0 spiro atoms. The number of ketones is 2. The van der Waals surface area contributed by atoms with Gasteiger partial charge in [-0.1, -0.05) is 114 Å². The van der Waals surface area contributed by atoms with Crippen LogP contribution in [0, 0.1) is 0 Å². The Morgan fingerprint density at radius 2 is 0.896 bits per heavy atom. The third-order valence-corrected chi connectivity index (χ3v) is 12.1. The molecule has 48 heavy (non-hydrogen) atoms. The van der Waals surface area contributed by atoms with Crippen LogP contribution in [0.25, 0.3) is 0 Å². The second kappa shape index (κ2) is 13.8. The van der Waals surface area contributed by atoms with Crippen LogP contribution >= 0.6 is 23.2 Å². The number of hydrogen-bond acceptors (Lipinski definition) is 4. The lowest BCUT2D eigenvalue weighted by molar-refractivity contribution is 0.0979. The Hall–Kier alpha value is -4.14. The monoisotopic (exact) mass is 704 g/mol. The molecule has 1 atom stereocenters. The first-order chi connectivity index (χ1) is 23.3. The van der Waals surface area contributed by atoms with E-state index >= 15 is 0 Å². The molecule has 0 bridgehead atoms. The SMILES string of the molecule is O=C1c2ccccc2C(=O)c2c(Cl)cccc21.[O-][S+]1c2ccccc2Cc2cc(Cl)ccc21.[O-][S+]1c2ccccc2Cc2ccccc21. The summed E-state index contributed by atoms with van der Waals surface area (Å²) >= 11 is 9.90. The molecular formula is C40H26Cl2O4S2. The van der Waals surface area contributed by atoms with Gasteiger partial charge in [0.05, 0.1) is 10.6 Å². The fourth-order valence-corrected chi connectivity index (χ4v) is 9.34. The fourth-order valence-electron chi connectivity index (χ4n) is 6.11. The lowest BCUT2D eigenvalue weighted by atomic mass is 9.84. The molecule has 6 aromatic rings. The summed E-state index contributed by atoms with van der Waals surface area (Å²) in [5.74, 6) is -0.321. The first-order valence-electron chi connectivity index (χ1n) is 15.1. The Labute approximate surface area is 294 Å². The van der Waals surface area contributed by atoms with Gasteiger partial charge in [0.1, 0.15) is 0 Å². The van der Waals surface area contributed by atoms with Gasteiger partial charge in [0.2, 0.25) is 0 Å². The molecule has 0 fully saturated rings. The molecule has 236 valence electrons. The van der Waals surface area contributed by atoms with Gasteiger partial charge in [0.25, 0.3) is 0 Å². The number of fused-ring (bicyclic) bond motifs is 6. The van der Waals surface area contributed by atoms with Crippen LogP contribution in [0.3, 0.4) is 0 Å². The minimum atomic E-state index is -1.06. The van der Waals surface area contributed by atoms with E-state index in [1.54, 1.807) is 48.5 Å². The number of carbonyl (C=O) groups excluding carboxylic acids is 2. The zero-order valence-electron chi connectivity index (χ0n) is 25.3. The van der Waals surface area contributed by atoms with Crippen LogP contribution < -0.4 is 0 Å². The average molecular weight is 706 g/mol. The van der Waals surface area contributed by atoms with Crippen molar-refractivity contribution in [1.82, 2.24) is 0 Å². The molecule has 1 unspecified atom stereocenters. The van der Waals surface area contributed by atoms with Crippen LogP contribution in [-0.2, 0) is 35.2 Å². The quantitative estimate of drug-likeness (QED) is 0.147. The zero-order valence-corrected chi connectivity index (χ0v) is 28.5. The maximum atomic E-state index is 12.3. The predicted octanol–water partition coefficient (Wildman–Crippen LogP) is 9.28. The molecule has 4 nitrogen and oxygen atoms in total.